The number of hydrogen-bond donors (Lipinski definition) is 1. The fourth-order valence-corrected chi connectivity index (χ4v) is 0. The summed E-state index contributed by atoms with van der Waals surface area (Å²) < 4.78 is 10.0. The molecule has 0 atom stereocenters. The van der Waals surface area contributed by atoms with Crippen molar-refractivity contribution in [3.8, 4) is 0 Å². The number of thiol groups is 1. The Morgan fingerprint density at radius 2 is 1.60 bits per heavy atom. The van der Waals surface area contributed by atoms with Crippen LogP contribution in [-0.2, 0) is 6.80 Å². The second-order valence-corrected chi connectivity index (χ2v) is 13.1. The normalized spacial score (nSPS) is 15.0. The van der Waals surface area contributed by atoms with Gasteiger partial charge >= 0.3 is 0 Å². The van der Waals surface area contributed by atoms with Crippen LogP contribution in [0.5, 0.6) is 0 Å². The van der Waals surface area contributed by atoms with Crippen molar-refractivity contribution in [1.29, 1.82) is 0 Å². The molecule has 0 unspecified atom stereocenters. The van der Waals surface area contributed by atoms with Crippen LogP contribution in [0.15, 0.2) is 0 Å². The van der Waals surface area contributed by atoms with Crippen molar-refractivity contribution < 1.29 is 4.21 Å². The predicted molar refractivity (Wildman–Crippen MR) is 33.3 cm³/mol. The highest BCUT2D eigenvalue weighted by atomic mass is 79.9. The van der Waals surface area contributed by atoms with Gasteiger partial charge in [-0.25, -0.2) is 0 Å². The van der Waals surface area contributed by atoms with E-state index < -0.39 is 6.80 Å². The van der Waals surface area contributed by atoms with Crippen molar-refractivity contribution >= 4 is 36.4 Å². The Morgan fingerprint density at radius 1 is 1.60 bits per heavy atom. The molecule has 0 aliphatic rings. The standard InChI is InChI=1S/CH4Br2OS/c1-5(2,3)4/h5H,1H3. The molecule has 0 aromatic heterocycles. The summed E-state index contributed by atoms with van der Waals surface area (Å²) in [6, 6.07) is 0. The molecule has 0 amide bonds. The van der Waals surface area contributed by atoms with Crippen LogP contribution in [-0.4, -0.2) is 10.5 Å². The van der Waals surface area contributed by atoms with E-state index in [-0.39, 0.29) is 0 Å². The lowest BCUT2D eigenvalue weighted by Crippen LogP contribution is -1.76. The van der Waals surface area contributed by atoms with Crippen LogP contribution in [0, 0.1) is 0 Å². The molecular formula is CH4Br2OS. The molecule has 34 valence electrons. The summed E-state index contributed by atoms with van der Waals surface area (Å²) in [7, 11) is 0. The second-order valence-electron chi connectivity index (χ2n) is 0.723. The van der Waals surface area contributed by atoms with Gasteiger partial charge in [0, 0.05) is 35.9 Å². The first-order valence-corrected chi connectivity index (χ1v) is 7.16. The highest BCUT2D eigenvalue weighted by Gasteiger charge is 1.86. The van der Waals surface area contributed by atoms with Crippen molar-refractivity contribution in [2.24, 2.45) is 0 Å². The molecule has 0 bridgehead atoms. The molecular weight excluding hydrogens is 220 g/mol. The fourth-order valence-electron chi connectivity index (χ4n) is 0. The minimum atomic E-state index is -2.01. The third-order valence-corrected chi connectivity index (χ3v) is 0. The van der Waals surface area contributed by atoms with Crippen LogP contribution in [0.2, 0.25) is 0 Å². The van der Waals surface area contributed by atoms with E-state index in [1.165, 1.54) is 0 Å². The molecule has 4 heteroatoms. The Morgan fingerprint density at radius 3 is 1.60 bits per heavy atom. The van der Waals surface area contributed by atoms with Gasteiger partial charge in [0.1, 0.15) is 0 Å². The number of hydrogen-bond acceptors (Lipinski definition) is 1. The van der Waals surface area contributed by atoms with Crippen molar-refractivity contribution in [3.63, 3.8) is 0 Å². The average Bonchev–Trinajstić information content (AvgIpc) is 0.722. The van der Waals surface area contributed by atoms with E-state index in [1.54, 1.807) is 6.26 Å². The largest absolute Gasteiger partial charge is 0.265 e. The quantitative estimate of drug-likeness (QED) is 0.484. The molecule has 5 heavy (non-hydrogen) atoms. The summed E-state index contributed by atoms with van der Waals surface area (Å²) in [5.74, 6) is 0. The molecule has 1 nitrogen and oxygen atoms in total. The second kappa shape index (κ2) is 1.71. The smallest absolute Gasteiger partial charge is 0.00778 e. The molecule has 0 aromatic carbocycles. The summed E-state index contributed by atoms with van der Waals surface area (Å²) in [5.41, 5.74) is 0. The van der Waals surface area contributed by atoms with Gasteiger partial charge in [-0.1, -0.05) is 0 Å². The molecule has 0 rings (SSSR count). The average molecular weight is 224 g/mol. The Labute approximate surface area is 47.0 Å². The fraction of sp³-hybridized carbons (Fsp3) is 1.00. The van der Waals surface area contributed by atoms with E-state index in [1.807, 2.05) is 0 Å². The first-order chi connectivity index (χ1) is 2.00. The number of halogens is 2. The van der Waals surface area contributed by atoms with Gasteiger partial charge in [-0.05, 0) is 6.80 Å². The maximum Gasteiger partial charge on any atom is 0.00778 e. The zero-order valence-corrected chi connectivity index (χ0v) is 6.68. The molecule has 0 heterocycles. The maximum atomic E-state index is 10.0. The van der Waals surface area contributed by atoms with Gasteiger partial charge in [0.05, 0.1) is 0 Å². The van der Waals surface area contributed by atoms with Crippen LogP contribution in [0.25, 0.3) is 0 Å². The Kier molecular flexibility index (Phi) is 2.09. The maximum absolute atomic E-state index is 10.0. The van der Waals surface area contributed by atoms with E-state index in [2.05, 4.69) is 29.6 Å². The van der Waals surface area contributed by atoms with Gasteiger partial charge in [0.15, 0.2) is 0 Å². The molecule has 0 radical (unpaired) electrons. The molecule has 0 saturated carbocycles. The van der Waals surface area contributed by atoms with E-state index in [0.29, 0.717) is 0 Å². The molecule has 0 saturated heterocycles. The Balaban J connectivity index is 3.47. The van der Waals surface area contributed by atoms with Crippen molar-refractivity contribution in [1.82, 2.24) is 0 Å². The molecule has 0 fully saturated rings. The lowest BCUT2D eigenvalue weighted by atomic mass is 12.0. The highest BCUT2D eigenvalue weighted by Crippen LogP contribution is 2.15. The predicted octanol–water partition coefficient (Wildman–Crippen LogP) is 1.25. The molecule has 0 aliphatic heterocycles. The van der Waals surface area contributed by atoms with Crippen molar-refractivity contribution in [2.45, 2.75) is 0 Å². The summed E-state index contributed by atoms with van der Waals surface area (Å²) in [6.07, 6.45) is 1.58. The summed E-state index contributed by atoms with van der Waals surface area (Å²) >= 11 is 5.69. The van der Waals surface area contributed by atoms with Gasteiger partial charge in [-0.15, -0.1) is 0 Å². The van der Waals surface area contributed by atoms with E-state index in [4.69, 9.17) is 0 Å². The van der Waals surface area contributed by atoms with Gasteiger partial charge in [0.25, 0.3) is 0 Å². The zero-order chi connectivity index (χ0) is 4.50. The van der Waals surface area contributed by atoms with Gasteiger partial charge in [-0.2, -0.15) is 0 Å². The third kappa shape index (κ3) is 40.1. The van der Waals surface area contributed by atoms with Crippen LogP contribution in [0.4, 0.5) is 0 Å². The highest BCUT2D eigenvalue weighted by molar-refractivity contribution is 9.82. The number of rotatable bonds is 0. The first kappa shape index (κ1) is 6.11. The van der Waals surface area contributed by atoms with E-state index >= 15 is 0 Å². The Hall–Kier alpha value is 1.11. The minimum absolute atomic E-state index is 1.58. The van der Waals surface area contributed by atoms with Crippen molar-refractivity contribution in [3.05, 3.63) is 0 Å². The summed E-state index contributed by atoms with van der Waals surface area (Å²) in [6.45, 7) is -2.01. The third-order valence-electron chi connectivity index (χ3n) is 0. The molecule has 0 aromatic rings. The molecule has 0 spiro atoms. The summed E-state index contributed by atoms with van der Waals surface area (Å²) in [5, 5.41) is 0. The van der Waals surface area contributed by atoms with Crippen LogP contribution < -0.4 is 0 Å². The Bertz CT molecular complexity index is 55.8. The zero-order valence-electron chi connectivity index (χ0n) is 2.61. The van der Waals surface area contributed by atoms with Crippen molar-refractivity contribution in [2.75, 3.05) is 6.26 Å². The van der Waals surface area contributed by atoms with Crippen LogP contribution in [0.1, 0.15) is 0 Å². The SMILES string of the molecule is C[SH](=O)(Br)Br. The summed E-state index contributed by atoms with van der Waals surface area (Å²) in [4.78, 5) is 0. The molecule has 0 N–H and O–H groups in total. The van der Waals surface area contributed by atoms with E-state index in [9.17, 15) is 4.21 Å². The monoisotopic (exact) mass is 222 g/mol. The van der Waals surface area contributed by atoms with Gasteiger partial charge < -0.3 is 0 Å². The topological polar surface area (TPSA) is 17.1 Å². The van der Waals surface area contributed by atoms with Crippen LogP contribution in [0.3, 0.4) is 0 Å². The van der Waals surface area contributed by atoms with Gasteiger partial charge in [-0.3, -0.25) is 4.21 Å². The van der Waals surface area contributed by atoms with E-state index in [0.717, 1.165) is 0 Å². The molecule has 0 aliphatic carbocycles. The van der Waals surface area contributed by atoms with Gasteiger partial charge in [0.2, 0.25) is 0 Å². The van der Waals surface area contributed by atoms with Crippen LogP contribution >= 0.6 is 29.6 Å². The lowest BCUT2D eigenvalue weighted by molar-refractivity contribution is 0.693. The first-order valence-electron chi connectivity index (χ1n) is 0.968. The minimum Gasteiger partial charge on any atom is -0.265 e. The lowest BCUT2D eigenvalue weighted by Gasteiger charge is -1.89.